The van der Waals surface area contributed by atoms with E-state index >= 15 is 0 Å². The van der Waals surface area contributed by atoms with E-state index in [9.17, 15) is 21.6 Å². The molecule has 3 nitrogen and oxygen atoms in total. The molecular formula is C18H26F3NO2S. The smallest absolute Gasteiger partial charge is 0.180 e. The Balaban J connectivity index is 2.57. The third-order valence-electron chi connectivity index (χ3n) is 4.71. The highest BCUT2D eigenvalue weighted by molar-refractivity contribution is 7.90. The molecule has 1 aliphatic carbocycles. The lowest BCUT2D eigenvalue weighted by Crippen LogP contribution is -2.24. The van der Waals surface area contributed by atoms with Crippen LogP contribution in [0.2, 0.25) is 0 Å². The molecule has 0 spiro atoms. The monoisotopic (exact) mass is 377 g/mol. The van der Waals surface area contributed by atoms with Crippen molar-refractivity contribution in [3.8, 4) is 0 Å². The summed E-state index contributed by atoms with van der Waals surface area (Å²) < 4.78 is 67.8. The molecule has 25 heavy (non-hydrogen) atoms. The van der Waals surface area contributed by atoms with Crippen LogP contribution >= 0.6 is 0 Å². The molecule has 0 amide bonds. The molecule has 1 fully saturated rings. The normalized spacial score (nSPS) is 17.4. The van der Waals surface area contributed by atoms with Gasteiger partial charge in [0, 0.05) is 17.9 Å². The Morgan fingerprint density at radius 3 is 1.92 bits per heavy atom. The van der Waals surface area contributed by atoms with Crippen LogP contribution in [0.15, 0.2) is 4.90 Å². The Morgan fingerprint density at radius 1 is 0.920 bits per heavy atom. The molecule has 0 aliphatic heterocycles. The minimum atomic E-state index is -4.14. The third-order valence-corrected chi connectivity index (χ3v) is 5.84. The number of hydrogen-bond donors (Lipinski definition) is 1. The lowest BCUT2D eigenvalue weighted by molar-refractivity contribution is 0.446. The number of sulfone groups is 1. The topological polar surface area (TPSA) is 46.2 Å². The van der Waals surface area contributed by atoms with Gasteiger partial charge in [0.1, 0.15) is 4.90 Å². The third kappa shape index (κ3) is 4.49. The average molecular weight is 377 g/mol. The van der Waals surface area contributed by atoms with E-state index in [2.05, 4.69) is 5.32 Å². The summed E-state index contributed by atoms with van der Waals surface area (Å²) in [6.07, 6.45) is 7.42. The number of rotatable bonds is 4. The quantitative estimate of drug-likeness (QED) is 0.738. The van der Waals surface area contributed by atoms with Gasteiger partial charge in [0.05, 0.1) is 5.69 Å². The van der Waals surface area contributed by atoms with Crippen molar-refractivity contribution in [2.24, 2.45) is 0 Å². The highest BCUT2D eigenvalue weighted by Gasteiger charge is 2.32. The number of hydrogen-bond acceptors (Lipinski definition) is 3. The number of halogens is 3. The van der Waals surface area contributed by atoms with Crippen molar-refractivity contribution in [2.45, 2.75) is 75.6 Å². The van der Waals surface area contributed by atoms with E-state index in [0.717, 1.165) is 51.2 Å². The number of nitrogens with one attached hydrogen (secondary N) is 1. The molecule has 0 saturated heterocycles. The summed E-state index contributed by atoms with van der Waals surface area (Å²) in [5, 5.41) is 2.89. The second-order valence-corrected chi connectivity index (χ2v) is 9.13. The number of anilines is 1. The Hall–Kier alpha value is -1.24. The fourth-order valence-electron chi connectivity index (χ4n) is 3.45. The Labute approximate surface area is 147 Å². The van der Waals surface area contributed by atoms with Gasteiger partial charge in [0.15, 0.2) is 27.3 Å². The summed E-state index contributed by atoms with van der Waals surface area (Å²) in [6.45, 7) is 3.08. The Bertz CT molecular complexity index is 725. The van der Waals surface area contributed by atoms with Gasteiger partial charge in [-0.05, 0) is 18.8 Å². The fourth-order valence-corrected chi connectivity index (χ4v) is 4.38. The Kier molecular flexibility index (Phi) is 6.40. The van der Waals surface area contributed by atoms with Gasteiger partial charge < -0.3 is 5.32 Å². The van der Waals surface area contributed by atoms with Gasteiger partial charge >= 0.3 is 0 Å². The van der Waals surface area contributed by atoms with Crippen LogP contribution in [0, 0.1) is 17.5 Å². The summed E-state index contributed by atoms with van der Waals surface area (Å²) in [5.74, 6) is -4.53. The van der Waals surface area contributed by atoms with Crippen molar-refractivity contribution >= 4 is 15.5 Å². The molecule has 1 aromatic rings. The molecule has 0 atom stereocenters. The van der Waals surface area contributed by atoms with Crippen molar-refractivity contribution in [1.29, 1.82) is 0 Å². The number of benzene rings is 1. The standard InChI is InChI=1S/C18H26F3NO2S/c1-11(2)13-14(19)16(21)18(25(3,23)24)17(15(13)20)22-12-9-7-5-4-6-8-10-12/h11-12,22H,4-10H2,1-3H3. The highest BCUT2D eigenvalue weighted by atomic mass is 32.2. The highest BCUT2D eigenvalue weighted by Crippen LogP contribution is 2.37. The first-order chi connectivity index (χ1) is 11.6. The SMILES string of the molecule is CC(C)c1c(F)c(F)c(S(C)(=O)=O)c(NC2CCCCCCC2)c1F. The Morgan fingerprint density at radius 2 is 1.44 bits per heavy atom. The largest absolute Gasteiger partial charge is 0.379 e. The molecule has 0 radical (unpaired) electrons. The van der Waals surface area contributed by atoms with Crippen LogP contribution in [-0.4, -0.2) is 20.7 Å². The van der Waals surface area contributed by atoms with Crippen LogP contribution in [0.1, 0.15) is 70.3 Å². The molecule has 7 heteroatoms. The molecule has 2 rings (SSSR count). The van der Waals surface area contributed by atoms with Crippen LogP contribution in [0.3, 0.4) is 0 Å². The van der Waals surface area contributed by atoms with Gasteiger partial charge in [-0.2, -0.15) is 0 Å². The van der Waals surface area contributed by atoms with Gasteiger partial charge in [-0.3, -0.25) is 0 Å². The summed E-state index contributed by atoms with van der Waals surface area (Å²) in [4.78, 5) is -0.908. The zero-order chi connectivity index (χ0) is 18.8. The van der Waals surface area contributed by atoms with Crippen molar-refractivity contribution in [2.75, 3.05) is 11.6 Å². The van der Waals surface area contributed by atoms with Gasteiger partial charge in [0.25, 0.3) is 0 Å². The van der Waals surface area contributed by atoms with E-state index in [1.807, 2.05) is 0 Å². The predicted molar refractivity (Wildman–Crippen MR) is 93.2 cm³/mol. The van der Waals surface area contributed by atoms with Crippen molar-refractivity contribution in [3.05, 3.63) is 23.0 Å². The minimum Gasteiger partial charge on any atom is -0.379 e. The maximum atomic E-state index is 15.0. The first kappa shape index (κ1) is 20.1. The van der Waals surface area contributed by atoms with E-state index in [1.54, 1.807) is 13.8 Å². The molecule has 0 aromatic heterocycles. The zero-order valence-electron chi connectivity index (χ0n) is 15.0. The van der Waals surface area contributed by atoms with Gasteiger partial charge in [-0.25, -0.2) is 21.6 Å². The molecule has 0 heterocycles. The fraction of sp³-hybridized carbons (Fsp3) is 0.667. The van der Waals surface area contributed by atoms with Crippen LogP contribution in [0.25, 0.3) is 0 Å². The zero-order valence-corrected chi connectivity index (χ0v) is 15.8. The van der Waals surface area contributed by atoms with Crippen molar-refractivity contribution in [3.63, 3.8) is 0 Å². The first-order valence-electron chi connectivity index (χ1n) is 8.81. The summed E-state index contributed by atoms with van der Waals surface area (Å²) >= 11 is 0. The second kappa shape index (κ2) is 7.98. The van der Waals surface area contributed by atoms with E-state index in [1.165, 1.54) is 0 Å². The van der Waals surface area contributed by atoms with Gasteiger partial charge in [-0.15, -0.1) is 0 Å². The first-order valence-corrected chi connectivity index (χ1v) is 10.7. The van der Waals surface area contributed by atoms with Crippen molar-refractivity contribution < 1.29 is 21.6 Å². The van der Waals surface area contributed by atoms with Crippen LogP contribution in [0.4, 0.5) is 18.9 Å². The maximum Gasteiger partial charge on any atom is 0.180 e. The van der Waals surface area contributed by atoms with E-state index < -0.39 is 49.4 Å². The molecule has 1 aromatic carbocycles. The molecule has 1 N–H and O–H groups in total. The summed E-state index contributed by atoms with van der Waals surface area (Å²) in [7, 11) is -4.14. The molecular weight excluding hydrogens is 351 g/mol. The second-order valence-electron chi connectivity index (χ2n) is 7.17. The van der Waals surface area contributed by atoms with Crippen LogP contribution < -0.4 is 5.32 Å². The van der Waals surface area contributed by atoms with Crippen molar-refractivity contribution in [1.82, 2.24) is 0 Å². The van der Waals surface area contributed by atoms with Gasteiger partial charge in [-0.1, -0.05) is 46.0 Å². The summed E-state index contributed by atoms with van der Waals surface area (Å²) in [6, 6.07) is -0.153. The van der Waals surface area contributed by atoms with E-state index in [0.29, 0.717) is 0 Å². The molecule has 0 unspecified atom stereocenters. The molecule has 1 aliphatic rings. The maximum absolute atomic E-state index is 15.0. The van der Waals surface area contributed by atoms with Crippen LogP contribution in [0.5, 0.6) is 0 Å². The molecule has 0 bridgehead atoms. The summed E-state index contributed by atoms with van der Waals surface area (Å²) in [5.41, 5.74) is -0.839. The lowest BCUT2D eigenvalue weighted by atomic mass is 9.95. The van der Waals surface area contributed by atoms with E-state index in [-0.39, 0.29) is 6.04 Å². The molecule has 142 valence electrons. The van der Waals surface area contributed by atoms with Gasteiger partial charge in [0.2, 0.25) is 0 Å². The predicted octanol–water partition coefficient (Wildman–Crippen LogP) is 5.16. The van der Waals surface area contributed by atoms with Crippen LogP contribution in [-0.2, 0) is 9.84 Å². The lowest BCUT2D eigenvalue weighted by Gasteiger charge is -2.25. The molecule has 1 saturated carbocycles. The average Bonchev–Trinajstić information content (AvgIpc) is 2.45. The van der Waals surface area contributed by atoms with E-state index in [4.69, 9.17) is 0 Å². The minimum absolute atomic E-state index is 0.153.